The lowest BCUT2D eigenvalue weighted by Gasteiger charge is -2.18. The van der Waals surface area contributed by atoms with Gasteiger partial charge in [-0.3, -0.25) is 9.59 Å². The van der Waals surface area contributed by atoms with Gasteiger partial charge in [-0.05, 0) is 30.7 Å². The van der Waals surface area contributed by atoms with Crippen molar-refractivity contribution in [3.05, 3.63) is 71.3 Å². The average Bonchev–Trinajstić information content (AvgIpc) is 3.08. The van der Waals surface area contributed by atoms with Crippen LogP contribution in [0.1, 0.15) is 39.1 Å². The highest BCUT2D eigenvalue weighted by Crippen LogP contribution is 2.27. The van der Waals surface area contributed by atoms with Crippen molar-refractivity contribution in [1.82, 2.24) is 9.80 Å². The molecule has 0 spiro atoms. The summed E-state index contributed by atoms with van der Waals surface area (Å²) >= 11 is 0. The van der Waals surface area contributed by atoms with E-state index in [1.165, 1.54) is 0 Å². The predicted octanol–water partition coefficient (Wildman–Crippen LogP) is 2.77. The van der Waals surface area contributed by atoms with Crippen LogP contribution in [0.2, 0.25) is 0 Å². The summed E-state index contributed by atoms with van der Waals surface area (Å²) in [5.41, 5.74) is 8.51. The molecule has 0 unspecified atom stereocenters. The lowest BCUT2D eigenvalue weighted by atomic mass is 9.95. The van der Waals surface area contributed by atoms with Crippen LogP contribution >= 0.6 is 12.4 Å². The molecule has 27 heavy (non-hydrogen) atoms. The first-order valence-electron chi connectivity index (χ1n) is 8.96. The molecule has 0 radical (unpaired) electrons. The van der Waals surface area contributed by atoms with Gasteiger partial charge in [0, 0.05) is 49.8 Å². The fraction of sp³-hybridized carbons (Fsp3) is 0.333. The maximum absolute atomic E-state index is 12.9. The minimum Gasteiger partial charge on any atom is -0.342 e. The standard InChI is InChI=1S/C21H25N3O2.ClH/c1-3-23(2)20(25)16-10-7-11-17(12-16)21(26)24-13-18(19(22)14-24)15-8-5-4-6-9-15;/h4-12,18-19H,3,13-14,22H2,1-2H3;1H/t18-,19+;/m0./s1. The molecule has 0 bridgehead atoms. The van der Waals surface area contributed by atoms with Crippen molar-refractivity contribution < 1.29 is 9.59 Å². The van der Waals surface area contributed by atoms with Gasteiger partial charge in [-0.1, -0.05) is 36.4 Å². The van der Waals surface area contributed by atoms with E-state index >= 15 is 0 Å². The Morgan fingerprint density at radius 2 is 1.74 bits per heavy atom. The van der Waals surface area contributed by atoms with Gasteiger partial charge in [0.2, 0.25) is 0 Å². The van der Waals surface area contributed by atoms with Crippen molar-refractivity contribution in [2.45, 2.75) is 18.9 Å². The summed E-state index contributed by atoms with van der Waals surface area (Å²) in [6.07, 6.45) is 0. The van der Waals surface area contributed by atoms with Gasteiger partial charge in [0.15, 0.2) is 0 Å². The molecule has 3 rings (SSSR count). The molecule has 0 saturated carbocycles. The summed E-state index contributed by atoms with van der Waals surface area (Å²) in [6, 6.07) is 16.9. The molecule has 2 aromatic carbocycles. The second kappa shape index (κ2) is 9.02. The zero-order valence-corrected chi connectivity index (χ0v) is 16.5. The first-order valence-corrected chi connectivity index (χ1v) is 8.96. The normalized spacial score (nSPS) is 18.7. The number of hydrogen-bond donors (Lipinski definition) is 1. The molecule has 1 fully saturated rings. The highest BCUT2D eigenvalue weighted by atomic mass is 35.5. The molecule has 2 atom stereocenters. The van der Waals surface area contributed by atoms with Crippen molar-refractivity contribution in [3.8, 4) is 0 Å². The predicted molar refractivity (Wildman–Crippen MR) is 109 cm³/mol. The van der Waals surface area contributed by atoms with Crippen LogP contribution in [-0.2, 0) is 0 Å². The highest BCUT2D eigenvalue weighted by Gasteiger charge is 2.34. The molecule has 144 valence electrons. The number of amides is 2. The summed E-state index contributed by atoms with van der Waals surface area (Å²) in [5.74, 6) is -0.0219. The number of nitrogens with two attached hydrogens (primary N) is 1. The molecule has 1 aliphatic heterocycles. The third-order valence-corrected chi connectivity index (χ3v) is 5.06. The molecule has 0 aromatic heterocycles. The zero-order chi connectivity index (χ0) is 18.7. The molecule has 1 heterocycles. The fourth-order valence-corrected chi connectivity index (χ4v) is 3.38. The molecule has 0 aliphatic carbocycles. The van der Waals surface area contributed by atoms with Crippen LogP contribution < -0.4 is 5.73 Å². The average molecular weight is 388 g/mol. The van der Waals surface area contributed by atoms with Crippen molar-refractivity contribution in [2.75, 3.05) is 26.7 Å². The maximum Gasteiger partial charge on any atom is 0.253 e. The smallest absolute Gasteiger partial charge is 0.253 e. The molecule has 1 aliphatic rings. The van der Waals surface area contributed by atoms with Gasteiger partial charge in [0.25, 0.3) is 11.8 Å². The second-order valence-corrected chi connectivity index (χ2v) is 6.79. The van der Waals surface area contributed by atoms with E-state index < -0.39 is 0 Å². The third-order valence-electron chi connectivity index (χ3n) is 5.06. The van der Waals surface area contributed by atoms with E-state index in [1.807, 2.05) is 25.1 Å². The number of nitrogens with zero attached hydrogens (tertiary/aromatic N) is 2. The van der Waals surface area contributed by atoms with Crippen LogP contribution in [-0.4, -0.2) is 54.3 Å². The van der Waals surface area contributed by atoms with E-state index in [9.17, 15) is 9.59 Å². The molecule has 2 amide bonds. The molecular formula is C21H26ClN3O2. The number of carbonyl (C=O) groups is 2. The Hall–Kier alpha value is -2.37. The Balaban J connectivity index is 0.00000261. The van der Waals surface area contributed by atoms with Gasteiger partial charge in [-0.15, -0.1) is 12.4 Å². The first-order chi connectivity index (χ1) is 12.5. The van der Waals surface area contributed by atoms with Crippen LogP contribution in [0.4, 0.5) is 0 Å². The van der Waals surface area contributed by atoms with Crippen LogP contribution in [0, 0.1) is 0 Å². The van der Waals surface area contributed by atoms with E-state index in [1.54, 1.807) is 41.1 Å². The lowest BCUT2D eigenvalue weighted by Crippen LogP contribution is -2.32. The van der Waals surface area contributed by atoms with Gasteiger partial charge >= 0.3 is 0 Å². The lowest BCUT2D eigenvalue weighted by molar-refractivity contribution is 0.0789. The monoisotopic (exact) mass is 387 g/mol. The quantitative estimate of drug-likeness (QED) is 0.877. The molecule has 1 saturated heterocycles. The fourth-order valence-electron chi connectivity index (χ4n) is 3.38. The van der Waals surface area contributed by atoms with Gasteiger partial charge in [-0.2, -0.15) is 0 Å². The van der Waals surface area contributed by atoms with Crippen molar-refractivity contribution >= 4 is 24.2 Å². The summed E-state index contributed by atoms with van der Waals surface area (Å²) in [5, 5.41) is 0. The van der Waals surface area contributed by atoms with E-state index in [-0.39, 0.29) is 36.2 Å². The Morgan fingerprint density at radius 1 is 1.07 bits per heavy atom. The van der Waals surface area contributed by atoms with Gasteiger partial charge in [-0.25, -0.2) is 0 Å². The van der Waals surface area contributed by atoms with E-state index in [2.05, 4.69) is 12.1 Å². The Labute approximate surface area is 166 Å². The maximum atomic E-state index is 12.9. The Kier molecular flexibility index (Phi) is 6.99. The van der Waals surface area contributed by atoms with Gasteiger partial charge < -0.3 is 15.5 Å². The first kappa shape index (κ1) is 20.9. The van der Waals surface area contributed by atoms with Crippen molar-refractivity contribution in [2.24, 2.45) is 5.73 Å². The minimum absolute atomic E-state index is 0. The highest BCUT2D eigenvalue weighted by molar-refractivity contribution is 5.99. The van der Waals surface area contributed by atoms with E-state index in [0.717, 1.165) is 5.56 Å². The number of benzene rings is 2. The SMILES string of the molecule is CCN(C)C(=O)c1cccc(C(=O)N2C[C@@H](N)[C@H](c3ccccc3)C2)c1.Cl. The van der Waals surface area contributed by atoms with Gasteiger partial charge in [0.05, 0.1) is 0 Å². The number of likely N-dealkylation sites (tertiary alicyclic amines) is 1. The van der Waals surface area contributed by atoms with E-state index in [0.29, 0.717) is 30.8 Å². The molecular weight excluding hydrogens is 362 g/mol. The third kappa shape index (κ3) is 4.49. The van der Waals surface area contributed by atoms with Crippen LogP contribution in [0.15, 0.2) is 54.6 Å². The Bertz CT molecular complexity index is 797. The van der Waals surface area contributed by atoms with Crippen molar-refractivity contribution in [3.63, 3.8) is 0 Å². The topological polar surface area (TPSA) is 66.6 Å². The van der Waals surface area contributed by atoms with Gasteiger partial charge in [0.1, 0.15) is 0 Å². The molecule has 6 heteroatoms. The summed E-state index contributed by atoms with van der Waals surface area (Å²) in [7, 11) is 1.75. The molecule has 5 nitrogen and oxygen atoms in total. The number of halogens is 1. The van der Waals surface area contributed by atoms with Crippen LogP contribution in [0.3, 0.4) is 0 Å². The number of carbonyl (C=O) groups excluding carboxylic acids is 2. The minimum atomic E-state index is -0.0858. The summed E-state index contributed by atoms with van der Waals surface area (Å²) < 4.78 is 0. The molecule has 2 N–H and O–H groups in total. The molecule has 2 aromatic rings. The van der Waals surface area contributed by atoms with Crippen LogP contribution in [0.5, 0.6) is 0 Å². The number of rotatable bonds is 4. The Morgan fingerprint density at radius 3 is 2.41 bits per heavy atom. The van der Waals surface area contributed by atoms with Crippen LogP contribution in [0.25, 0.3) is 0 Å². The zero-order valence-electron chi connectivity index (χ0n) is 15.7. The second-order valence-electron chi connectivity index (χ2n) is 6.79. The van der Waals surface area contributed by atoms with E-state index in [4.69, 9.17) is 5.73 Å². The summed E-state index contributed by atoms with van der Waals surface area (Å²) in [6.45, 7) is 3.65. The van der Waals surface area contributed by atoms with Crippen molar-refractivity contribution in [1.29, 1.82) is 0 Å². The largest absolute Gasteiger partial charge is 0.342 e. The summed E-state index contributed by atoms with van der Waals surface area (Å²) in [4.78, 5) is 28.7. The number of hydrogen-bond acceptors (Lipinski definition) is 3.